The largest absolute Gasteiger partial charge is 0.474 e. The Balaban J connectivity index is 1.61. The van der Waals surface area contributed by atoms with Crippen LogP contribution >= 0.6 is 11.3 Å². The number of anilines is 1. The maximum atomic E-state index is 12.6. The monoisotopic (exact) mass is 374 g/mol. The summed E-state index contributed by atoms with van der Waals surface area (Å²) in [6, 6.07) is 10.3. The molecule has 2 aromatic heterocycles. The Kier molecular flexibility index (Phi) is 3.83. The smallest absolute Gasteiger partial charge is 0.237 e. The SMILES string of the molecule is Cc1c(-c2ccc3c(c2)/C(=C/c2cccs2)C(=O)C3)cnc2c1NCCO2. The van der Waals surface area contributed by atoms with E-state index in [1.165, 1.54) is 0 Å². The minimum Gasteiger partial charge on any atom is -0.474 e. The summed E-state index contributed by atoms with van der Waals surface area (Å²) in [4.78, 5) is 18.1. The number of nitrogens with one attached hydrogen (secondary N) is 1. The molecule has 0 amide bonds. The predicted molar refractivity (Wildman–Crippen MR) is 109 cm³/mol. The number of carbonyl (C=O) groups excluding carboxylic acids is 1. The number of allylic oxidation sites excluding steroid dienone is 1. The molecule has 0 atom stereocenters. The van der Waals surface area contributed by atoms with E-state index in [0.29, 0.717) is 18.9 Å². The Morgan fingerprint density at radius 2 is 2.19 bits per heavy atom. The maximum absolute atomic E-state index is 12.6. The number of Topliss-reactive ketones (excluding diaryl/α,β-unsaturated/α-hetero) is 1. The van der Waals surface area contributed by atoms with Crippen molar-refractivity contribution in [3.05, 3.63) is 63.5 Å². The van der Waals surface area contributed by atoms with Crippen LogP contribution in [0.2, 0.25) is 0 Å². The van der Waals surface area contributed by atoms with Gasteiger partial charge >= 0.3 is 0 Å². The van der Waals surface area contributed by atoms with Crippen molar-refractivity contribution in [3.8, 4) is 17.0 Å². The first kappa shape index (κ1) is 16.3. The molecule has 27 heavy (non-hydrogen) atoms. The van der Waals surface area contributed by atoms with Crippen molar-refractivity contribution in [3.63, 3.8) is 0 Å². The summed E-state index contributed by atoms with van der Waals surface area (Å²) in [5, 5.41) is 5.42. The van der Waals surface area contributed by atoms with Crippen LogP contribution in [0.1, 0.15) is 21.6 Å². The number of aromatic nitrogens is 1. The van der Waals surface area contributed by atoms with Crippen LogP contribution in [0.4, 0.5) is 5.69 Å². The minimum absolute atomic E-state index is 0.186. The molecule has 2 aliphatic rings. The summed E-state index contributed by atoms with van der Waals surface area (Å²) in [6.07, 6.45) is 4.35. The van der Waals surface area contributed by atoms with Crippen LogP contribution in [0.5, 0.6) is 5.88 Å². The second-order valence-corrected chi connectivity index (χ2v) is 7.78. The first-order valence-corrected chi connectivity index (χ1v) is 9.87. The summed E-state index contributed by atoms with van der Waals surface area (Å²) in [7, 11) is 0. The number of hydrogen-bond donors (Lipinski definition) is 1. The molecule has 5 rings (SSSR count). The average molecular weight is 374 g/mol. The summed E-state index contributed by atoms with van der Waals surface area (Å²) in [5.74, 6) is 0.850. The Hall–Kier alpha value is -2.92. The number of ketones is 1. The second kappa shape index (κ2) is 6.35. The Morgan fingerprint density at radius 1 is 1.26 bits per heavy atom. The number of hydrogen-bond acceptors (Lipinski definition) is 5. The predicted octanol–water partition coefficient (Wildman–Crippen LogP) is 4.59. The molecule has 1 N–H and O–H groups in total. The van der Waals surface area contributed by atoms with Gasteiger partial charge in [0.25, 0.3) is 0 Å². The number of pyridine rings is 1. The lowest BCUT2D eigenvalue weighted by Gasteiger charge is -2.21. The van der Waals surface area contributed by atoms with E-state index in [2.05, 4.69) is 35.4 Å². The fourth-order valence-electron chi connectivity index (χ4n) is 3.75. The van der Waals surface area contributed by atoms with Gasteiger partial charge in [0.2, 0.25) is 5.88 Å². The van der Waals surface area contributed by atoms with Crippen LogP contribution in [0, 0.1) is 6.92 Å². The third-order valence-electron chi connectivity index (χ3n) is 5.14. The molecule has 0 spiro atoms. The fraction of sp³-hybridized carbons (Fsp3) is 0.182. The zero-order valence-electron chi connectivity index (χ0n) is 14.9. The van der Waals surface area contributed by atoms with E-state index in [1.807, 2.05) is 29.8 Å². The van der Waals surface area contributed by atoms with Gasteiger partial charge in [-0.15, -0.1) is 11.3 Å². The summed E-state index contributed by atoms with van der Waals surface area (Å²) in [5.41, 5.74) is 7.14. The van der Waals surface area contributed by atoms with Gasteiger partial charge in [-0.25, -0.2) is 4.98 Å². The molecule has 0 unspecified atom stereocenters. The molecule has 134 valence electrons. The van der Waals surface area contributed by atoms with Gasteiger partial charge < -0.3 is 10.1 Å². The zero-order valence-corrected chi connectivity index (χ0v) is 15.7. The van der Waals surface area contributed by atoms with E-state index >= 15 is 0 Å². The van der Waals surface area contributed by atoms with Crippen molar-refractivity contribution in [2.24, 2.45) is 0 Å². The number of rotatable bonds is 2. The second-order valence-electron chi connectivity index (χ2n) is 6.80. The van der Waals surface area contributed by atoms with Crippen LogP contribution in [-0.2, 0) is 11.2 Å². The fourth-order valence-corrected chi connectivity index (χ4v) is 4.41. The Bertz CT molecular complexity index is 1080. The zero-order chi connectivity index (χ0) is 18.4. The number of thiophene rings is 1. The molecular weight excluding hydrogens is 356 g/mol. The molecule has 0 radical (unpaired) electrons. The number of ether oxygens (including phenoxy) is 1. The highest BCUT2D eigenvalue weighted by molar-refractivity contribution is 7.11. The molecular formula is C22H18N2O2S. The molecule has 3 heterocycles. The maximum Gasteiger partial charge on any atom is 0.237 e. The highest BCUT2D eigenvalue weighted by Gasteiger charge is 2.26. The van der Waals surface area contributed by atoms with Crippen LogP contribution < -0.4 is 10.1 Å². The van der Waals surface area contributed by atoms with Gasteiger partial charge in [0.1, 0.15) is 12.3 Å². The third kappa shape index (κ3) is 2.75. The average Bonchev–Trinajstić information content (AvgIpc) is 3.31. The standard InChI is InChI=1S/C22H18N2O2S/c1-13-19(12-24-22-21(13)23-6-7-26-22)14-4-5-15-10-20(25)18(17(15)9-14)11-16-3-2-8-27-16/h2-5,8-9,11-12,23H,6-7,10H2,1H3/b18-11-. The van der Waals surface area contributed by atoms with Gasteiger partial charge in [-0.2, -0.15) is 0 Å². The van der Waals surface area contributed by atoms with Crippen molar-refractivity contribution in [2.75, 3.05) is 18.5 Å². The number of fused-ring (bicyclic) bond motifs is 2. The van der Waals surface area contributed by atoms with E-state index < -0.39 is 0 Å². The lowest BCUT2D eigenvalue weighted by molar-refractivity contribution is -0.112. The molecule has 4 nitrogen and oxygen atoms in total. The van der Waals surface area contributed by atoms with Gasteiger partial charge in [0.05, 0.1) is 0 Å². The molecule has 0 fully saturated rings. The quantitative estimate of drug-likeness (QED) is 0.667. The lowest BCUT2D eigenvalue weighted by atomic mass is 9.96. The van der Waals surface area contributed by atoms with Gasteiger partial charge in [0, 0.05) is 35.2 Å². The van der Waals surface area contributed by atoms with Crippen molar-refractivity contribution >= 4 is 34.5 Å². The molecule has 0 saturated heterocycles. The van der Waals surface area contributed by atoms with Gasteiger partial charge in [0.15, 0.2) is 5.78 Å². The van der Waals surface area contributed by atoms with Gasteiger partial charge in [-0.3, -0.25) is 4.79 Å². The van der Waals surface area contributed by atoms with Crippen molar-refractivity contribution in [1.82, 2.24) is 4.98 Å². The van der Waals surface area contributed by atoms with Crippen LogP contribution in [-0.4, -0.2) is 23.9 Å². The number of carbonyl (C=O) groups is 1. The van der Waals surface area contributed by atoms with Crippen molar-refractivity contribution < 1.29 is 9.53 Å². The van der Waals surface area contributed by atoms with E-state index in [4.69, 9.17) is 4.74 Å². The topological polar surface area (TPSA) is 51.2 Å². The summed E-state index contributed by atoms with van der Waals surface area (Å²) < 4.78 is 5.63. The molecule has 1 aromatic carbocycles. The van der Waals surface area contributed by atoms with Crippen LogP contribution in [0.3, 0.4) is 0 Å². The highest BCUT2D eigenvalue weighted by atomic mass is 32.1. The third-order valence-corrected chi connectivity index (χ3v) is 5.96. The first-order valence-electron chi connectivity index (χ1n) is 8.99. The van der Waals surface area contributed by atoms with Gasteiger partial charge in [-0.05, 0) is 52.8 Å². The molecule has 1 aliphatic heterocycles. The van der Waals surface area contributed by atoms with E-state index in [0.717, 1.165) is 50.5 Å². The molecule has 0 bridgehead atoms. The normalized spacial score (nSPS) is 16.6. The summed E-state index contributed by atoms with van der Waals surface area (Å²) >= 11 is 1.64. The van der Waals surface area contributed by atoms with E-state index in [9.17, 15) is 4.79 Å². The molecule has 5 heteroatoms. The Morgan fingerprint density at radius 3 is 3.04 bits per heavy atom. The van der Waals surface area contributed by atoms with E-state index in [-0.39, 0.29) is 5.78 Å². The molecule has 1 aliphatic carbocycles. The molecule has 3 aromatic rings. The summed E-state index contributed by atoms with van der Waals surface area (Å²) in [6.45, 7) is 3.50. The highest BCUT2D eigenvalue weighted by Crippen LogP contribution is 2.39. The minimum atomic E-state index is 0.186. The number of nitrogens with zero attached hydrogens (tertiary/aromatic N) is 1. The van der Waals surface area contributed by atoms with Gasteiger partial charge in [-0.1, -0.05) is 18.2 Å². The lowest BCUT2D eigenvalue weighted by Crippen LogP contribution is -2.20. The van der Waals surface area contributed by atoms with E-state index in [1.54, 1.807) is 11.3 Å². The Labute approximate surface area is 161 Å². The first-order chi connectivity index (χ1) is 13.2. The molecule has 0 saturated carbocycles. The van der Waals surface area contributed by atoms with Crippen LogP contribution in [0.25, 0.3) is 22.8 Å². The van der Waals surface area contributed by atoms with Crippen molar-refractivity contribution in [1.29, 1.82) is 0 Å². The van der Waals surface area contributed by atoms with Crippen molar-refractivity contribution in [2.45, 2.75) is 13.3 Å². The van der Waals surface area contributed by atoms with Crippen LogP contribution in [0.15, 0.2) is 41.9 Å². The number of benzene rings is 1.